The Morgan fingerprint density at radius 1 is 1.12 bits per heavy atom. The van der Waals surface area contributed by atoms with Crippen LogP contribution < -0.4 is 19.7 Å². The number of anilines is 4. The Morgan fingerprint density at radius 2 is 1.91 bits per heavy atom. The van der Waals surface area contributed by atoms with Gasteiger partial charge in [-0.25, -0.2) is 23.1 Å². The summed E-state index contributed by atoms with van der Waals surface area (Å²) in [5.74, 6) is -2.75. The molecule has 34 heavy (non-hydrogen) atoms. The smallest absolute Gasteiger partial charge is 0.229 e. The van der Waals surface area contributed by atoms with Crippen molar-refractivity contribution in [3.05, 3.63) is 71.7 Å². The zero-order valence-corrected chi connectivity index (χ0v) is 18.4. The molecule has 3 heterocycles. The third-order valence-electron chi connectivity index (χ3n) is 5.11. The van der Waals surface area contributed by atoms with Crippen LogP contribution >= 0.6 is 11.6 Å². The van der Waals surface area contributed by atoms with Crippen molar-refractivity contribution < 1.29 is 22.6 Å². The Bertz CT molecular complexity index is 1360. The molecule has 1 N–H and O–H groups in total. The van der Waals surface area contributed by atoms with Crippen LogP contribution in [0.5, 0.6) is 11.5 Å². The average molecular weight is 489 g/mol. The Labute approximate surface area is 196 Å². The summed E-state index contributed by atoms with van der Waals surface area (Å²) in [6.45, 7) is 0.491. The topological polar surface area (TPSA) is 77.3 Å². The predicted molar refractivity (Wildman–Crippen MR) is 119 cm³/mol. The van der Waals surface area contributed by atoms with Crippen molar-refractivity contribution in [1.29, 1.82) is 0 Å². The van der Waals surface area contributed by atoms with E-state index in [1.807, 2.05) is 0 Å². The molecular formula is C22H16ClF3N6O2. The fourth-order valence-electron chi connectivity index (χ4n) is 3.55. The van der Waals surface area contributed by atoms with Gasteiger partial charge in [0.15, 0.2) is 29.0 Å². The van der Waals surface area contributed by atoms with Gasteiger partial charge in [-0.2, -0.15) is 4.98 Å². The van der Waals surface area contributed by atoms with Crippen molar-refractivity contribution in [1.82, 2.24) is 19.5 Å². The third kappa shape index (κ3) is 4.05. The van der Waals surface area contributed by atoms with E-state index in [9.17, 15) is 13.2 Å². The first-order valence-electron chi connectivity index (χ1n) is 10.00. The van der Waals surface area contributed by atoms with Gasteiger partial charge in [-0.1, -0.05) is 11.6 Å². The normalized spacial score (nSPS) is 12.8. The number of ether oxygens (including phenoxy) is 2. The highest BCUT2D eigenvalue weighted by atomic mass is 35.5. The van der Waals surface area contributed by atoms with Gasteiger partial charge < -0.3 is 24.3 Å². The molecule has 0 bridgehead atoms. The van der Waals surface area contributed by atoms with Gasteiger partial charge in [0.25, 0.3) is 0 Å². The highest BCUT2D eigenvalue weighted by Crippen LogP contribution is 2.37. The molecule has 8 nitrogen and oxygen atoms in total. The summed E-state index contributed by atoms with van der Waals surface area (Å²) >= 11 is 5.91. The van der Waals surface area contributed by atoms with Crippen LogP contribution in [0.1, 0.15) is 0 Å². The second-order valence-electron chi connectivity index (χ2n) is 7.22. The van der Waals surface area contributed by atoms with E-state index in [1.165, 1.54) is 18.2 Å². The van der Waals surface area contributed by atoms with E-state index in [-0.39, 0.29) is 30.6 Å². The van der Waals surface area contributed by atoms with Crippen molar-refractivity contribution in [2.24, 2.45) is 0 Å². The molecule has 4 aromatic rings. The first-order valence-corrected chi connectivity index (χ1v) is 10.4. The molecule has 0 amide bonds. The van der Waals surface area contributed by atoms with Crippen LogP contribution in [0.4, 0.5) is 36.3 Å². The lowest BCUT2D eigenvalue weighted by Gasteiger charge is -2.30. The van der Waals surface area contributed by atoms with E-state index in [2.05, 4.69) is 20.3 Å². The third-order valence-corrected chi connectivity index (χ3v) is 5.30. The molecule has 0 unspecified atom stereocenters. The summed E-state index contributed by atoms with van der Waals surface area (Å²) in [6, 6.07) is 7.15. The molecule has 0 saturated heterocycles. The van der Waals surface area contributed by atoms with Crippen LogP contribution in [0.3, 0.4) is 0 Å². The minimum Gasteiger partial charge on any atom is -0.494 e. The minimum atomic E-state index is -1.53. The Hall–Kier alpha value is -3.99. The van der Waals surface area contributed by atoms with Gasteiger partial charge in [0.1, 0.15) is 23.8 Å². The van der Waals surface area contributed by atoms with E-state index < -0.39 is 17.5 Å². The minimum absolute atomic E-state index is 0.107. The number of halogens is 4. The van der Waals surface area contributed by atoms with Crippen molar-refractivity contribution in [3.63, 3.8) is 0 Å². The van der Waals surface area contributed by atoms with Crippen LogP contribution in [0.2, 0.25) is 5.15 Å². The van der Waals surface area contributed by atoms with E-state index in [4.69, 9.17) is 21.1 Å². The number of nitrogens with zero attached hydrogens (tertiary/aromatic N) is 5. The molecule has 2 aromatic heterocycles. The molecule has 1 aliphatic heterocycles. The van der Waals surface area contributed by atoms with Crippen molar-refractivity contribution >= 4 is 34.7 Å². The molecule has 0 aliphatic carbocycles. The predicted octanol–water partition coefficient (Wildman–Crippen LogP) is 5.02. The number of rotatable bonds is 5. The largest absolute Gasteiger partial charge is 0.494 e. The first-order chi connectivity index (χ1) is 16.4. The van der Waals surface area contributed by atoms with Gasteiger partial charge in [0.2, 0.25) is 5.95 Å². The fourth-order valence-corrected chi connectivity index (χ4v) is 3.70. The monoisotopic (exact) mass is 488 g/mol. The summed E-state index contributed by atoms with van der Waals surface area (Å²) in [4.78, 5) is 14.2. The lowest BCUT2D eigenvalue weighted by molar-refractivity contribution is 0.310. The standard InChI is InChI=1S/C22H16ClF3N6O2/c1-33-17-6-12(2-3-16(17)31-10-19(23)28-11-31)29-22-27-9-18-21(30-22)32(4-5-34-18)13-7-14(24)20(26)15(25)8-13/h2-3,6-11H,4-5H2,1H3,(H,27,29,30). The summed E-state index contributed by atoms with van der Waals surface area (Å²) in [7, 11) is 1.53. The fraction of sp³-hybridized carbons (Fsp3) is 0.136. The summed E-state index contributed by atoms with van der Waals surface area (Å²) in [5.41, 5.74) is 1.45. The molecule has 0 radical (unpaired) electrons. The number of hydrogen-bond donors (Lipinski definition) is 1. The molecular weight excluding hydrogens is 473 g/mol. The lowest BCUT2D eigenvalue weighted by atomic mass is 10.2. The maximum atomic E-state index is 13.8. The lowest BCUT2D eigenvalue weighted by Crippen LogP contribution is -2.30. The molecule has 174 valence electrons. The zero-order chi connectivity index (χ0) is 23.8. The molecule has 0 spiro atoms. The maximum absolute atomic E-state index is 13.8. The number of fused-ring (bicyclic) bond motifs is 1. The highest BCUT2D eigenvalue weighted by Gasteiger charge is 2.25. The Kier molecular flexibility index (Phi) is 5.62. The van der Waals surface area contributed by atoms with Gasteiger partial charge in [-0.05, 0) is 12.1 Å². The first kappa shape index (κ1) is 21.8. The molecule has 0 atom stereocenters. The van der Waals surface area contributed by atoms with Gasteiger partial charge >= 0.3 is 0 Å². The maximum Gasteiger partial charge on any atom is 0.229 e. The SMILES string of the molecule is COc1cc(Nc2ncc3c(n2)N(c2cc(F)c(F)c(F)c2)CCO3)ccc1-n1cnc(Cl)c1. The van der Waals surface area contributed by atoms with Crippen molar-refractivity contribution in [3.8, 4) is 17.2 Å². The summed E-state index contributed by atoms with van der Waals surface area (Å²) in [6.07, 6.45) is 4.66. The zero-order valence-electron chi connectivity index (χ0n) is 17.6. The van der Waals surface area contributed by atoms with E-state index >= 15 is 0 Å². The van der Waals surface area contributed by atoms with Crippen LogP contribution in [0.15, 0.2) is 49.1 Å². The van der Waals surface area contributed by atoms with Crippen molar-refractivity contribution in [2.45, 2.75) is 0 Å². The molecule has 1 aliphatic rings. The number of hydrogen-bond acceptors (Lipinski definition) is 7. The van der Waals surface area contributed by atoms with Crippen molar-refractivity contribution in [2.75, 3.05) is 30.5 Å². The second-order valence-corrected chi connectivity index (χ2v) is 7.61. The number of aromatic nitrogens is 4. The molecule has 12 heteroatoms. The van der Waals surface area contributed by atoms with Crippen LogP contribution in [-0.2, 0) is 0 Å². The summed E-state index contributed by atoms with van der Waals surface area (Å²) < 4.78 is 53.8. The Balaban J connectivity index is 1.46. The van der Waals surface area contributed by atoms with Crippen LogP contribution in [0.25, 0.3) is 5.69 Å². The number of benzene rings is 2. The van der Waals surface area contributed by atoms with E-state index in [0.717, 1.165) is 17.8 Å². The van der Waals surface area contributed by atoms with Gasteiger partial charge in [-0.15, -0.1) is 0 Å². The quantitative estimate of drug-likeness (QED) is 0.395. The summed E-state index contributed by atoms with van der Waals surface area (Å²) in [5, 5.41) is 3.42. The molecule has 0 fully saturated rings. The number of methoxy groups -OCH3 is 1. The van der Waals surface area contributed by atoms with E-state index in [0.29, 0.717) is 22.3 Å². The average Bonchev–Trinajstić information content (AvgIpc) is 3.27. The highest BCUT2D eigenvalue weighted by molar-refractivity contribution is 6.29. The van der Waals surface area contributed by atoms with Crippen LogP contribution in [0, 0.1) is 17.5 Å². The number of imidazole rings is 1. The van der Waals surface area contributed by atoms with Gasteiger partial charge in [0, 0.05) is 35.8 Å². The molecule has 5 rings (SSSR count). The molecule has 2 aromatic carbocycles. The number of nitrogens with one attached hydrogen (secondary N) is 1. The van der Waals surface area contributed by atoms with Gasteiger partial charge in [-0.3, -0.25) is 0 Å². The molecule has 0 saturated carbocycles. The van der Waals surface area contributed by atoms with Crippen LogP contribution in [-0.4, -0.2) is 39.8 Å². The second kappa shape index (κ2) is 8.75. The van der Waals surface area contributed by atoms with E-state index in [1.54, 1.807) is 35.3 Å². The van der Waals surface area contributed by atoms with Gasteiger partial charge in [0.05, 0.1) is 25.5 Å². The Morgan fingerprint density at radius 3 is 2.62 bits per heavy atom.